The van der Waals surface area contributed by atoms with Crippen molar-refractivity contribution in [3.63, 3.8) is 0 Å². The highest BCUT2D eigenvalue weighted by molar-refractivity contribution is 6.81. The highest BCUT2D eigenvalue weighted by atomic mass is 28.3. The monoisotopic (exact) mass is 524 g/mol. The van der Waals surface area contributed by atoms with E-state index in [9.17, 15) is 0 Å². The van der Waals surface area contributed by atoms with Crippen molar-refractivity contribution in [2.45, 2.75) is 62.7 Å². The van der Waals surface area contributed by atoms with Gasteiger partial charge in [-0.05, 0) is 80.3 Å². The topological polar surface area (TPSA) is 0 Å². The molecule has 196 valence electrons. The third kappa shape index (κ3) is 4.90. The van der Waals surface area contributed by atoms with Crippen LogP contribution in [0.5, 0.6) is 0 Å². The molecule has 4 atom stereocenters. The molecule has 2 aliphatic carbocycles. The molecule has 0 saturated carbocycles. The van der Waals surface area contributed by atoms with Gasteiger partial charge in [-0.3, -0.25) is 0 Å². The van der Waals surface area contributed by atoms with Crippen LogP contribution in [0.25, 0.3) is 11.1 Å². The molecule has 0 aromatic heterocycles. The van der Waals surface area contributed by atoms with Crippen LogP contribution in [-0.4, -0.2) is 8.07 Å². The molecular weight excluding hydrogens is 485 g/mol. The van der Waals surface area contributed by atoms with Gasteiger partial charge in [0.25, 0.3) is 0 Å². The fourth-order valence-corrected chi connectivity index (χ4v) is 10.9. The Morgan fingerprint density at radius 3 is 1.28 bits per heavy atom. The SMILES string of the molecule is CC(CC1=CC([Si](C)(C)C2C=C(CC(C)c3ccccc3)c3ccccc32)c2ccccc21)c1ccccc1. The van der Waals surface area contributed by atoms with Gasteiger partial charge in [-0.15, -0.1) is 0 Å². The van der Waals surface area contributed by atoms with E-state index in [2.05, 4.69) is 148 Å². The number of fused-ring (bicyclic) bond motifs is 2. The second-order valence-corrected chi connectivity index (χ2v) is 17.3. The predicted molar refractivity (Wildman–Crippen MR) is 171 cm³/mol. The summed E-state index contributed by atoms with van der Waals surface area (Å²) in [7, 11) is -1.84. The molecule has 0 radical (unpaired) electrons. The van der Waals surface area contributed by atoms with Crippen molar-refractivity contribution < 1.29 is 0 Å². The summed E-state index contributed by atoms with van der Waals surface area (Å²) in [4.78, 5) is 0. The normalized spacial score (nSPS) is 19.6. The van der Waals surface area contributed by atoms with E-state index in [4.69, 9.17) is 0 Å². The average molecular weight is 525 g/mol. The highest BCUT2D eigenvalue weighted by Gasteiger charge is 2.45. The van der Waals surface area contributed by atoms with Gasteiger partial charge < -0.3 is 0 Å². The molecule has 4 unspecified atom stereocenters. The Kier molecular flexibility index (Phi) is 7.04. The Bertz CT molecular complexity index is 1390. The van der Waals surface area contributed by atoms with E-state index in [1.165, 1.54) is 22.3 Å². The molecule has 0 heterocycles. The summed E-state index contributed by atoms with van der Waals surface area (Å²) in [5.41, 5.74) is 13.1. The zero-order valence-corrected chi connectivity index (χ0v) is 24.8. The molecule has 0 saturated heterocycles. The number of benzene rings is 4. The lowest BCUT2D eigenvalue weighted by Crippen LogP contribution is -2.39. The minimum Gasteiger partial charge on any atom is -0.0758 e. The predicted octanol–water partition coefficient (Wildman–Crippen LogP) is 10.5. The van der Waals surface area contributed by atoms with E-state index in [1.807, 2.05) is 0 Å². The number of hydrogen-bond donors (Lipinski definition) is 0. The summed E-state index contributed by atoms with van der Waals surface area (Å²) in [6.45, 7) is 10.0. The van der Waals surface area contributed by atoms with E-state index >= 15 is 0 Å². The van der Waals surface area contributed by atoms with Crippen LogP contribution in [0.2, 0.25) is 13.1 Å². The van der Waals surface area contributed by atoms with Crippen molar-refractivity contribution in [1.82, 2.24) is 0 Å². The molecular formula is C38H40Si. The molecule has 0 aliphatic heterocycles. The lowest BCUT2D eigenvalue weighted by Gasteiger charge is -2.35. The van der Waals surface area contributed by atoms with Gasteiger partial charge in [-0.1, -0.05) is 148 Å². The molecule has 0 spiro atoms. The summed E-state index contributed by atoms with van der Waals surface area (Å²) in [6, 6.07) is 40.5. The zero-order chi connectivity index (χ0) is 27.0. The van der Waals surface area contributed by atoms with Gasteiger partial charge in [0.15, 0.2) is 0 Å². The van der Waals surface area contributed by atoms with Crippen LogP contribution in [-0.2, 0) is 0 Å². The molecule has 4 aromatic carbocycles. The Morgan fingerprint density at radius 2 is 0.872 bits per heavy atom. The molecule has 4 aromatic rings. The molecule has 0 amide bonds. The second kappa shape index (κ2) is 10.6. The van der Waals surface area contributed by atoms with E-state index in [0.29, 0.717) is 22.9 Å². The maximum absolute atomic E-state index is 2.68. The molecule has 2 aliphatic rings. The molecule has 0 N–H and O–H groups in total. The van der Waals surface area contributed by atoms with E-state index in [0.717, 1.165) is 12.8 Å². The molecule has 1 heteroatoms. The molecule has 0 fully saturated rings. The fraction of sp³-hybridized carbons (Fsp3) is 0.263. The smallest absolute Gasteiger partial charge is 0.0715 e. The lowest BCUT2D eigenvalue weighted by atomic mass is 9.91. The summed E-state index contributed by atoms with van der Waals surface area (Å²) in [6.07, 6.45) is 7.55. The van der Waals surface area contributed by atoms with Gasteiger partial charge in [0, 0.05) is 0 Å². The van der Waals surface area contributed by atoms with Gasteiger partial charge in [0.05, 0.1) is 8.07 Å². The maximum atomic E-state index is 2.68. The first-order valence-corrected chi connectivity index (χ1v) is 17.8. The highest BCUT2D eigenvalue weighted by Crippen LogP contribution is 2.52. The van der Waals surface area contributed by atoms with Crippen LogP contribution in [0.15, 0.2) is 121 Å². The molecule has 0 nitrogen and oxygen atoms in total. The Labute approximate surface area is 236 Å². The first-order valence-electron chi connectivity index (χ1n) is 14.6. The number of hydrogen-bond acceptors (Lipinski definition) is 0. The van der Waals surface area contributed by atoms with E-state index in [-0.39, 0.29) is 0 Å². The minimum atomic E-state index is -1.84. The van der Waals surface area contributed by atoms with Crippen molar-refractivity contribution in [3.8, 4) is 0 Å². The first kappa shape index (κ1) is 25.8. The molecule has 39 heavy (non-hydrogen) atoms. The van der Waals surface area contributed by atoms with Crippen LogP contribution in [0.1, 0.15) is 83.0 Å². The van der Waals surface area contributed by atoms with Crippen LogP contribution in [0.4, 0.5) is 0 Å². The van der Waals surface area contributed by atoms with Gasteiger partial charge in [-0.25, -0.2) is 0 Å². The Balaban J connectivity index is 1.34. The Morgan fingerprint density at radius 1 is 0.513 bits per heavy atom. The van der Waals surface area contributed by atoms with Gasteiger partial charge in [-0.2, -0.15) is 0 Å². The third-order valence-electron chi connectivity index (χ3n) is 9.41. The minimum absolute atomic E-state index is 0.507. The van der Waals surface area contributed by atoms with Crippen LogP contribution >= 0.6 is 0 Å². The third-order valence-corrected chi connectivity index (χ3v) is 13.6. The standard InChI is InChI=1S/C38H40Si/c1-27(29-15-7-5-8-16-29)23-31-25-37(35-21-13-11-19-33(31)35)39(3,4)38-26-32(34-20-12-14-22-36(34)38)24-28(2)30-17-9-6-10-18-30/h5-22,25-28,37-38H,23-24H2,1-4H3. The maximum Gasteiger partial charge on any atom is 0.0715 e. The summed E-state index contributed by atoms with van der Waals surface area (Å²) in [5, 5.41) is 0. The van der Waals surface area contributed by atoms with E-state index < -0.39 is 8.07 Å². The Hall–Kier alpha value is -3.42. The quantitative estimate of drug-likeness (QED) is 0.201. The van der Waals surface area contributed by atoms with Crippen molar-refractivity contribution in [3.05, 3.63) is 155 Å². The van der Waals surface area contributed by atoms with Gasteiger partial charge in [0.1, 0.15) is 0 Å². The number of allylic oxidation sites excluding steroid dienone is 4. The average Bonchev–Trinajstić information content (AvgIpc) is 3.54. The van der Waals surface area contributed by atoms with Crippen molar-refractivity contribution in [2.75, 3.05) is 0 Å². The summed E-state index contributed by atoms with van der Waals surface area (Å²) >= 11 is 0. The second-order valence-electron chi connectivity index (χ2n) is 12.4. The van der Waals surface area contributed by atoms with Crippen molar-refractivity contribution in [2.24, 2.45) is 0 Å². The molecule has 0 bridgehead atoms. The fourth-order valence-electron chi connectivity index (χ4n) is 7.12. The van der Waals surface area contributed by atoms with Crippen molar-refractivity contribution >= 4 is 19.2 Å². The zero-order valence-electron chi connectivity index (χ0n) is 23.8. The van der Waals surface area contributed by atoms with Crippen LogP contribution in [0.3, 0.4) is 0 Å². The number of rotatable bonds is 8. The summed E-state index contributed by atoms with van der Waals surface area (Å²) < 4.78 is 0. The van der Waals surface area contributed by atoms with Crippen LogP contribution < -0.4 is 0 Å². The van der Waals surface area contributed by atoms with Gasteiger partial charge >= 0.3 is 0 Å². The van der Waals surface area contributed by atoms with E-state index in [1.54, 1.807) is 22.3 Å². The first-order chi connectivity index (χ1) is 18.9. The largest absolute Gasteiger partial charge is 0.0758 e. The lowest BCUT2D eigenvalue weighted by molar-refractivity contribution is 0.792. The molecule has 6 rings (SSSR count). The van der Waals surface area contributed by atoms with Crippen molar-refractivity contribution in [1.29, 1.82) is 0 Å². The van der Waals surface area contributed by atoms with Gasteiger partial charge in [0.2, 0.25) is 0 Å². The summed E-state index contributed by atoms with van der Waals surface area (Å²) in [5.74, 6) is 1.01. The van der Waals surface area contributed by atoms with Crippen LogP contribution in [0, 0.1) is 0 Å².